The van der Waals surface area contributed by atoms with Crippen LogP contribution in [0.3, 0.4) is 0 Å². The zero-order valence-corrected chi connectivity index (χ0v) is 7.27. The molecule has 4 atom stereocenters. The van der Waals surface area contributed by atoms with Gasteiger partial charge in [0.05, 0.1) is 6.61 Å². The van der Waals surface area contributed by atoms with Gasteiger partial charge in [0.15, 0.2) is 0 Å². The van der Waals surface area contributed by atoms with Crippen LogP contribution >= 0.6 is 0 Å². The highest BCUT2D eigenvalue weighted by Gasteiger charge is 2.40. The second-order valence-electron chi connectivity index (χ2n) is 2.79. The van der Waals surface area contributed by atoms with Gasteiger partial charge in [-0.2, -0.15) is 0 Å². The molecule has 1 fully saturated rings. The van der Waals surface area contributed by atoms with E-state index < -0.39 is 18.2 Å². The molecule has 0 aromatic heterocycles. The molecular formula is C7H13BO4. The van der Waals surface area contributed by atoms with Crippen molar-refractivity contribution < 1.29 is 19.3 Å². The van der Waals surface area contributed by atoms with Crippen molar-refractivity contribution in [3.05, 3.63) is 0 Å². The van der Waals surface area contributed by atoms with Crippen LogP contribution in [0.15, 0.2) is 0 Å². The van der Waals surface area contributed by atoms with Gasteiger partial charge in [0, 0.05) is 20.2 Å². The molecule has 1 aliphatic heterocycles. The number of aliphatic hydroxyl groups excluding tert-OH is 1. The first kappa shape index (κ1) is 9.99. The standard InChI is InChI=1S/C7H13BO4/c1-10-3-4-5(9)6(11-2)7(8)12-4/h4-7,9H,3H2,1-2H3. The third kappa shape index (κ3) is 1.80. The van der Waals surface area contributed by atoms with Gasteiger partial charge in [0.2, 0.25) is 0 Å². The maximum absolute atomic E-state index is 9.54. The lowest BCUT2D eigenvalue weighted by Gasteiger charge is -2.16. The molecular weight excluding hydrogens is 159 g/mol. The van der Waals surface area contributed by atoms with Gasteiger partial charge in [-0.25, -0.2) is 0 Å². The minimum atomic E-state index is -0.704. The molecule has 4 unspecified atom stereocenters. The van der Waals surface area contributed by atoms with E-state index in [0.717, 1.165) is 0 Å². The summed E-state index contributed by atoms with van der Waals surface area (Å²) in [5.74, 6) is 0. The van der Waals surface area contributed by atoms with E-state index in [1.165, 1.54) is 7.11 Å². The van der Waals surface area contributed by atoms with Crippen LogP contribution < -0.4 is 0 Å². The first-order valence-corrected chi connectivity index (χ1v) is 3.81. The summed E-state index contributed by atoms with van der Waals surface area (Å²) in [6.07, 6.45) is -1.54. The first-order valence-electron chi connectivity index (χ1n) is 3.81. The zero-order valence-electron chi connectivity index (χ0n) is 7.27. The Morgan fingerprint density at radius 2 is 2.17 bits per heavy atom. The van der Waals surface area contributed by atoms with Gasteiger partial charge >= 0.3 is 0 Å². The van der Waals surface area contributed by atoms with Gasteiger partial charge in [0.25, 0.3) is 0 Å². The molecule has 0 aliphatic carbocycles. The van der Waals surface area contributed by atoms with Crippen LogP contribution in [0.4, 0.5) is 0 Å². The third-order valence-corrected chi connectivity index (χ3v) is 1.98. The molecule has 0 aromatic carbocycles. The summed E-state index contributed by atoms with van der Waals surface area (Å²) in [6, 6.07) is -0.565. The average Bonchev–Trinajstić information content (AvgIpc) is 2.29. The Labute approximate surface area is 73.2 Å². The van der Waals surface area contributed by atoms with Crippen molar-refractivity contribution in [1.29, 1.82) is 0 Å². The molecule has 0 saturated carbocycles. The van der Waals surface area contributed by atoms with E-state index >= 15 is 0 Å². The lowest BCUT2D eigenvalue weighted by Crippen LogP contribution is -2.35. The minimum Gasteiger partial charge on any atom is -0.388 e. The Hall–Kier alpha value is -0.0951. The molecule has 1 rings (SSSR count). The van der Waals surface area contributed by atoms with Crippen molar-refractivity contribution in [1.82, 2.24) is 0 Å². The van der Waals surface area contributed by atoms with E-state index in [4.69, 9.17) is 22.1 Å². The molecule has 0 bridgehead atoms. The van der Waals surface area contributed by atoms with E-state index in [-0.39, 0.29) is 6.10 Å². The van der Waals surface area contributed by atoms with Gasteiger partial charge < -0.3 is 19.3 Å². The molecule has 4 nitrogen and oxygen atoms in total. The number of rotatable bonds is 3. The van der Waals surface area contributed by atoms with Crippen LogP contribution in [-0.4, -0.2) is 58.1 Å². The highest BCUT2D eigenvalue weighted by molar-refractivity contribution is 6.11. The fourth-order valence-electron chi connectivity index (χ4n) is 1.34. The molecule has 12 heavy (non-hydrogen) atoms. The quantitative estimate of drug-likeness (QED) is 0.549. The van der Waals surface area contributed by atoms with Crippen LogP contribution in [0.2, 0.25) is 0 Å². The number of hydrogen-bond acceptors (Lipinski definition) is 4. The van der Waals surface area contributed by atoms with Crippen molar-refractivity contribution in [2.24, 2.45) is 0 Å². The molecule has 1 saturated heterocycles. The van der Waals surface area contributed by atoms with Crippen LogP contribution in [0.5, 0.6) is 0 Å². The molecule has 0 spiro atoms. The molecule has 2 radical (unpaired) electrons. The molecule has 1 heterocycles. The second kappa shape index (κ2) is 4.23. The molecule has 1 aliphatic rings. The zero-order chi connectivity index (χ0) is 9.14. The molecule has 68 valence electrons. The van der Waals surface area contributed by atoms with E-state index in [1.807, 2.05) is 0 Å². The maximum Gasteiger partial charge on any atom is 0.112 e. The average molecular weight is 172 g/mol. The number of aliphatic hydroxyl groups is 1. The fourth-order valence-corrected chi connectivity index (χ4v) is 1.34. The Balaban J connectivity index is 2.49. The van der Waals surface area contributed by atoms with Crippen LogP contribution in [0, 0.1) is 0 Å². The van der Waals surface area contributed by atoms with Gasteiger partial charge in [-0.1, -0.05) is 0 Å². The van der Waals surface area contributed by atoms with Crippen LogP contribution in [0.1, 0.15) is 0 Å². The number of ether oxygens (including phenoxy) is 3. The SMILES string of the molecule is [B]C1OC(COC)C(O)C1OC. The third-order valence-electron chi connectivity index (χ3n) is 1.98. The van der Waals surface area contributed by atoms with Gasteiger partial charge in [-0.05, 0) is 0 Å². The van der Waals surface area contributed by atoms with E-state index in [2.05, 4.69) is 0 Å². The predicted molar refractivity (Wildman–Crippen MR) is 43.1 cm³/mol. The van der Waals surface area contributed by atoms with Crippen molar-refractivity contribution in [2.45, 2.75) is 24.3 Å². The van der Waals surface area contributed by atoms with E-state index in [0.29, 0.717) is 6.61 Å². The van der Waals surface area contributed by atoms with E-state index in [9.17, 15) is 5.11 Å². The number of methoxy groups -OCH3 is 2. The Morgan fingerprint density at radius 1 is 1.50 bits per heavy atom. The lowest BCUT2D eigenvalue weighted by molar-refractivity contribution is -0.0247. The van der Waals surface area contributed by atoms with Crippen molar-refractivity contribution in [3.8, 4) is 0 Å². The topological polar surface area (TPSA) is 47.9 Å². The van der Waals surface area contributed by atoms with E-state index in [1.54, 1.807) is 7.11 Å². The predicted octanol–water partition coefficient (Wildman–Crippen LogP) is -1.10. The van der Waals surface area contributed by atoms with Crippen LogP contribution in [-0.2, 0) is 14.2 Å². The van der Waals surface area contributed by atoms with Gasteiger partial charge in [0.1, 0.15) is 26.2 Å². The summed E-state index contributed by atoms with van der Waals surface area (Å²) >= 11 is 0. The second-order valence-corrected chi connectivity index (χ2v) is 2.79. The van der Waals surface area contributed by atoms with Gasteiger partial charge in [-0.3, -0.25) is 0 Å². The maximum atomic E-state index is 9.54. The summed E-state index contributed by atoms with van der Waals surface area (Å²) in [5, 5.41) is 9.54. The molecule has 0 aromatic rings. The molecule has 0 amide bonds. The summed E-state index contributed by atoms with van der Waals surface area (Å²) in [7, 11) is 8.57. The normalized spacial score (nSPS) is 41.9. The lowest BCUT2D eigenvalue weighted by atomic mass is 9.93. The Bertz CT molecular complexity index is 143. The van der Waals surface area contributed by atoms with Crippen molar-refractivity contribution >= 4 is 7.85 Å². The summed E-state index contributed by atoms with van der Waals surface area (Å²) in [5.41, 5.74) is 0. The molecule has 5 heteroatoms. The first-order chi connectivity index (χ1) is 5.70. The highest BCUT2D eigenvalue weighted by atomic mass is 16.6. The summed E-state index contributed by atoms with van der Waals surface area (Å²) < 4.78 is 15.0. The largest absolute Gasteiger partial charge is 0.388 e. The van der Waals surface area contributed by atoms with Crippen LogP contribution in [0.25, 0.3) is 0 Å². The highest BCUT2D eigenvalue weighted by Crippen LogP contribution is 2.21. The monoisotopic (exact) mass is 172 g/mol. The van der Waals surface area contributed by atoms with Crippen molar-refractivity contribution in [2.75, 3.05) is 20.8 Å². The fraction of sp³-hybridized carbons (Fsp3) is 1.00. The smallest absolute Gasteiger partial charge is 0.112 e. The Kier molecular flexibility index (Phi) is 3.52. The summed E-state index contributed by atoms with van der Waals surface area (Å²) in [4.78, 5) is 0. The number of hydrogen-bond donors (Lipinski definition) is 1. The molecule has 1 N–H and O–H groups in total. The minimum absolute atomic E-state index is 0.328. The van der Waals surface area contributed by atoms with Crippen molar-refractivity contribution in [3.63, 3.8) is 0 Å². The van der Waals surface area contributed by atoms with Gasteiger partial charge in [-0.15, -0.1) is 0 Å². The summed E-state index contributed by atoms with van der Waals surface area (Å²) in [6.45, 7) is 0.328. The Morgan fingerprint density at radius 3 is 2.58 bits per heavy atom.